The first-order chi connectivity index (χ1) is 12.7. The van der Waals surface area contributed by atoms with Gasteiger partial charge in [0.15, 0.2) is 0 Å². The highest BCUT2D eigenvalue weighted by Gasteiger charge is 2.34. The molecule has 1 N–H and O–H groups in total. The van der Waals surface area contributed by atoms with E-state index in [-0.39, 0.29) is 11.8 Å². The van der Waals surface area contributed by atoms with Crippen molar-refractivity contribution in [3.05, 3.63) is 58.2 Å². The maximum Gasteiger partial charge on any atom is 0.264 e. The van der Waals surface area contributed by atoms with Crippen molar-refractivity contribution < 1.29 is 9.59 Å². The fraction of sp³-hybridized carbons (Fsp3) is 0.211. The molecule has 0 saturated carbocycles. The van der Waals surface area contributed by atoms with E-state index in [9.17, 15) is 9.59 Å². The summed E-state index contributed by atoms with van der Waals surface area (Å²) >= 11 is 2.98. The number of hydrogen-bond donors (Lipinski definition) is 1. The fourth-order valence-corrected chi connectivity index (χ4v) is 4.44. The van der Waals surface area contributed by atoms with Gasteiger partial charge in [0.2, 0.25) is 5.91 Å². The molecule has 1 fully saturated rings. The second-order valence-electron chi connectivity index (χ2n) is 6.04. The molecule has 7 heteroatoms. The van der Waals surface area contributed by atoms with Crippen molar-refractivity contribution in [2.45, 2.75) is 18.9 Å². The van der Waals surface area contributed by atoms with Gasteiger partial charge in [0.25, 0.3) is 5.91 Å². The zero-order valence-corrected chi connectivity index (χ0v) is 15.6. The number of rotatable bonds is 4. The smallest absolute Gasteiger partial charge is 0.264 e. The molecule has 0 radical (unpaired) electrons. The molecule has 1 saturated heterocycles. The van der Waals surface area contributed by atoms with E-state index in [1.807, 2.05) is 41.1 Å². The Morgan fingerprint density at radius 1 is 1.12 bits per heavy atom. The predicted octanol–water partition coefficient (Wildman–Crippen LogP) is 4.11. The van der Waals surface area contributed by atoms with E-state index in [4.69, 9.17) is 0 Å². The maximum atomic E-state index is 12.7. The predicted molar refractivity (Wildman–Crippen MR) is 105 cm³/mol. The molecular weight excluding hydrogens is 366 g/mol. The van der Waals surface area contributed by atoms with Gasteiger partial charge in [-0.05, 0) is 48.6 Å². The minimum Gasteiger partial charge on any atom is -0.326 e. The quantitative estimate of drug-likeness (QED) is 0.737. The lowest BCUT2D eigenvalue weighted by atomic mass is 10.1. The average Bonchev–Trinajstić information content (AvgIpc) is 3.44. The number of aromatic nitrogens is 1. The Balaban J connectivity index is 1.44. The molecule has 2 amide bonds. The van der Waals surface area contributed by atoms with Crippen LogP contribution >= 0.6 is 22.7 Å². The largest absolute Gasteiger partial charge is 0.326 e. The fourth-order valence-electron chi connectivity index (χ4n) is 3.11. The number of amides is 2. The number of nitrogens with zero attached hydrogens (tertiary/aromatic N) is 2. The van der Waals surface area contributed by atoms with E-state index in [2.05, 4.69) is 10.3 Å². The zero-order chi connectivity index (χ0) is 17.9. The normalized spacial score (nSPS) is 16.6. The molecule has 0 spiro atoms. The Hall–Kier alpha value is -2.51. The zero-order valence-electron chi connectivity index (χ0n) is 13.9. The van der Waals surface area contributed by atoms with Gasteiger partial charge in [-0.25, -0.2) is 4.98 Å². The molecule has 132 valence electrons. The van der Waals surface area contributed by atoms with Crippen LogP contribution in [0.25, 0.3) is 10.6 Å². The minimum absolute atomic E-state index is 0.0585. The summed E-state index contributed by atoms with van der Waals surface area (Å²) in [6, 6.07) is 10.9. The first-order valence-corrected chi connectivity index (χ1v) is 10.1. The Bertz CT molecular complexity index is 890. The summed E-state index contributed by atoms with van der Waals surface area (Å²) in [5.74, 6) is -0.189. The van der Waals surface area contributed by atoms with Crippen molar-refractivity contribution in [1.29, 1.82) is 0 Å². The van der Waals surface area contributed by atoms with Gasteiger partial charge in [0, 0.05) is 29.4 Å². The van der Waals surface area contributed by atoms with Crippen molar-refractivity contribution in [1.82, 2.24) is 9.88 Å². The minimum atomic E-state index is -0.414. The van der Waals surface area contributed by atoms with Crippen LogP contribution in [0.3, 0.4) is 0 Å². The second kappa shape index (κ2) is 7.39. The first kappa shape index (κ1) is 16.9. The number of thiophene rings is 1. The van der Waals surface area contributed by atoms with Crippen molar-refractivity contribution in [3.63, 3.8) is 0 Å². The summed E-state index contributed by atoms with van der Waals surface area (Å²) in [5, 5.41) is 7.70. The number of likely N-dealkylation sites (tertiary alicyclic amines) is 1. The van der Waals surface area contributed by atoms with E-state index < -0.39 is 6.04 Å². The van der Waals surface area contributed by atoms with E-state index in [1.165, 1.54) is 11.3 Å². The number of benzene rings is 1. The highest BCUT2D eigenvalue weighted by molar-refractivity contribution is 7.13. The molecule has 5 nitrogen and oxygen atoms in total. The molecule has 3 aromatic rings. The molecule has 1 atom stereocenters. The van der Waals surface area contributed by atoms with Crippen LogP contribution in [0.15, 0.2) is 53.4 Å². The Morgan fingerprint density at radius 2 is 1.96 bits per heavy atom. The molecule has 0 unspecified atom stereocenters. The van der Waals surface area contributed by atoms with Crippen LogP contribution in [0.1, 0.15) is 22.5 Å². The third kappa shape index (κ3) is 3.40. The Labute approximate surface area is 159 Å². The molecule has 1 aliphatic heterocycles. The van der Waals surface area contributed by atoms with Crippen LogP contribution in [-0.4, -0.2) is 34.3 Å². The summed E-state index contributed by atoms with van der Waals surface area (Å²) in [5.41, 5.74) is 1.75. The number of nitrogens with one attached hydrogen (secondary N) is 1. The maximum absolute atomic E-state index is 12.7. The van der Waals surface area contributed by atoms with Crippen LogP contribution in [0.4, 0.5) is 5.69 Å². The van der Waals surface area contributed by atoms with Gasteiger partial charge in [-0.2, -0.15) is 0 Å². The highest BCUT2D eigenvalue weighted by Crippen LogP contribution is 2.25. The molecule has 1 aliphatic rings. The Kier molecular flexibility index (Phi) is 4.81. The van der Waals surface area contributed by atoms with Gasteiger partial charge in [0.1, 0.15) is 11.0 Å². The Morgan fingerprint density at radius 3 is 2.65 bits per heavy atom. The number of thiazole rings is 1. The number of anilines is 1. The lowest BCUT2D eigenvalue weighted by molar-refractivity contribution is -0.119. The second-order valence-corrected chi connectivity index (χ2v) is 7.88. The standard InChI is InChI=1S/C19H17N3O2S2/c23-17(15-3-1-10-22(15)19(24)16-4-2-11-25-16)21-14-7-5-13(6-8-14)18-20-9-12-26-18/h2,4-9,11-12,15H,1,3,10H2,(H,21,23)/t15-/m0/s1. The van der Waals surface area contributed by atoms with E-state index in [1.54, 1.807) is 28.5 Å². The lowest BCUT2D eigenvalue weighted by Gasteiger charge is -2.23. The summed E-state index contributed by atoms with van der Waals surface area (Å²) in [4.78, 5) is 31.9. The molecule has 4 rings (SSSR count). The SMILES string of the molecule is O=C(Nc1ccc(-c2nccs2)cc1)[C@@H]1CCCN1C(=O)c1cccs1. The van der Waals surface area contributed by atoms with Gasteiger partial charge in [-0.3, -0.25) is 9.59 Å². The van der Waals surface area contributed by atoms with Crippen LogP contribution in [0, 0.1) is 0 Å². The molecule has 26 heavy (non-hydrogen) atoms. The van der Waals surface area contributed by atoms with Gasteiger partial charge in [-0.15, -0.1) is 22.7 Å². The highest BCUT2D eigenvalue weighted by atomic mass is 32.1. The lowest BCUT2D eigenvalue weighted by Crippen LogP contribution is -2.42. The van der Waals surface area contributed by atoms with Gasteiger partial charge < -0.3 is 10.2 Å². The van der Waals surface area contributed by atoms with Crippen molar-refractivity contribution >= 4 is 40.2 Å². The van der Waals surface area contributed by atoms with E-state index in [0.29, 0.717) is 17.8 Å². The summed E-state index contributed by atoms with van der Waals surface area (Å²) in [6.45, 7) is 0.623. The molecular formula is C19H17N3O2S2. The van der Waals surface area contributed by atoms with Crippen molar-refractivity contribution in [2.75, 3.05) is 11.9 Å². The average molecular weight is 383 g/mol. The number of carbonyl (C=O) groups is 2. The topological polar surface area (TPSA) is 62.3 Å². The van der Waals surface area contributed by atoms with Crippen molar-refractivity contribution in [2.24, 2.45) is 0 Å². The monoisotopic (exact) mass is 383 g/mol. The van der Waals surface area contributed by atoms with Crippen LogP contribution in [0.2, 0.25) is 0 Å². The summed E-state index contributed by atoms with van der Waals surface area (Å²) < 4.78 is 0. The molecule has 2 aromatic heterocycles. The molecule has 0 aliphatic carbocycles. The van der Waals surface area contributed by atoms with Crippen molar-refractivity contribution in [3.8, 4) is 10.6 Å². The first-order valence-electron chi connectivity index (χ1n) is 8.37. The molecule has 3 heterocycles. The van der Waals surface area contributed by atoms with Crippen LogP contribution in [-0.2, 0) is 4.79 Å². The van der Waals surface area contributed by atoms with Crippen LogP contribution in [0.5, 0.6) is 0 Å². The van der Waals surface area contributed by atoms with E-state index in [0.717, 1.165) is 22.7 Å². The number of carbonyl (C=O) groups excluding carboxylic acids is 2. The van der Waals surface area contributed by atoms with Gasteiger partial charge >= 0.3 is 0 Å². The third-order valence-corrected chi connectivity index (χ3v) is 6.06. The third-order valence-electron chi connectivity index (χ3n) is 4.38. The molecule has 1 aromatic carbocycles. The molecule has 0 bridgehead atoms. The van der Waals surface area contributed by atoms with Crippen LogP contribution < -0.4 is 5.32 Å². The summed E-state index contributed by atoms with van der Waals surface area (Å²) in [6.07, 6.45) is 3.31. The summed E-state index contributed by atoms with van der Waals surface area (Å²) in [7, 11) is 0. The van der Waals surface area contributed by atoms with Gasteiger partial charge in [0.05, 0.1) is 4.88 Å². The van der Waals surface area contributed by atoms with Gasteiger partial charge in [-0.1, -0.05) is 6.07 Å². The van der Waals surface area contributed by atoms with E-state index >= 15 is 0 Å². The number of hydrogen-bond acceptors (Lipinski definition) is 5.